The van der Waals surface area contributed by atoms with E-state index in [0.717, 1.165) is 56.9 Å². The number of hydrogen-bond donors (Lipinski definition) is 1. The van der Waals surface area contributed by atoms with Crippen LogP contribution in [0.4, 0.5) is 0 Å². The Labute approximate surface area is 153 Å². The number of likely N-dealkylation sites (tertiary alicyclic amines) is 1. The van der Waals surface area contributed by atoms with Crippen molar-refractivity contribution in [2.45, 2.75) is 50.9 Å². The smallest absolute Gasteiger partial charge is 0.269 e. The molecule has 2 atom stereocenters. The highest BCUT2D eigenvalue weighted by Crippen LogP contribution is 2.34. The van der Waals surface area contributed by atoms with Crippen molar-refractivity contribution in [2.75, 3.05) is 26.2 Å². The summed E-state index contributed by atoms with van der Waals surface area (Å²) in [5.41, 5.74) is 2.23. The fraction of sp³-hybridized carbons (Fsp3) is 0.632. The molecule has 1 aromatic heterocycles. The number of aromatic nitrogens is 1. The van der Waals surface area contributed by atoms with Gasteiger partial charge < -0.3 is 14.9 Å². The molecule has 1 amide bonds. The molecule has 1 N–H and O–H groups in total. The highest BCUT2D eigenvalue weighted by atomic mass is 16.7. The highest BCUT2D eigenvalue weighted by molar-refractivity contribution is 6.39. The summed E-state index contributed by atoms with van der Waals surface area (Å²) in [5.74, 6) is -0.129. The molecule has 3 aliphatic rings. The average molecular weight is 358 g/mol. The lowest BCUT2D eigenvalue weighted by Crippen LogP contribution is -2.39. The number of oxime groups is 1. The molecule has 1 spiro atoms. The van der Waals surface area contributed by atoms with Crippen LogP contribution in [-0.4, -0.2) is 59.4 Å². The van der Waals surface area contributed by atoms with E-state index in [-0.39, 0.29) is 17.6 Å². The molecule has 26 heavy (non-hydrogen) atoms. The van der Waals surface area contributed by atoms with Gasteiger partial charge in [0.2, 0.25) is 0 Å². The molecule has 140 valence electrons. The van der Waals surface area contributed by atoms with Crippen LogP contribution in [0.25, 0.3) is 0 Å². The number of hydrogen-bond acceptors (Lipinski definition) is 6. The molecule has 0 aromatic carbocycles. The lowest BCUT2D eigenvalue weighted by atomic mass is 9.96. The minimum absolute atomic E-state index is 0.129. The Kier molecular flexibility index (Phi) is 4.91. The van der Waals surface area contributed by atoms with Gasteiger partial charge in [0.25, 0.3) is 5.91 Å². The summed E-state index contributed by atoms with van der Waals surface area (Å²) < 4.78 is 5.54. The Balaban J connectivity index is 1.27. The first kappa shape index (κ1) is 17.4. The second-order valence-electron chi connectivity index (χ2n) is 7.57. The van der Waals surface area contributed by atoms with Gasteiger partial charge in [-0.3, -0.25) is 14.7 Å². The zero-order valence-corrected chi connectivity index (χ0v) is 15.2. The molecular formula is C19H26N4O3. The Bertz CT molecular complexity index is 702. The molecule has 2 fully saturated rings. The average Bonchev–Trinajstić information content (AvgIpc) is 3.36. The van der Waals surface area contributed by atoms with Gasteiger partial charge in [-0.2, -0.15) is 0 Å². The van der Waals surface area contributed by atoms with E-state index in [0.29, 0.717) is 18.7 Å². The molecule has 4 heterocycles. The first-order valence-electron chi connectivity index (χ1n) is 9.42. The summed E-state index contributed by atoms with van der Waals surface area (Å²) in [6.45, 7) is 5.84. The maximum atomic E-state index is 12.4. The minimum Gasteiger partial charge on any atom is -0.387 e. The predicted molar refractivity (Wildman–Crippen MR) is 96.7 cm³/mol. The van der Waals surface area contributed by atoms with Gasteiger partial charge in [-0.1, -0.05) is 11.2 Å². The first-order chi connectivity index (χ1) is 12.6. The number of pyridine rings is 1. The van der Waals surface area contributed by atoms with Gasteiger partial charge >= 0.3 is 0 Å². The first-order valence-corrected chi connectivity index (χ1v) is 9.42. The van der Waals surface area contributed by atoms with E-state index in [9.17, 15) is 4.79 Å². The molecular weight excluding hydrogens is 332 g/mol. The summed E-state index contributed by atoms with van der Waals surface area (Å²) in [6, 6.07) is 6.09. The highest BCUT2D eigenvalue weighted by Gasteiger charge is 2.46. The van der Waals surface area contributed by atoms with Crippen molar-refractivity contribution in [2.24, 2.45) is 5.16 Å². The van der Waals surface area contributed by atoms with Crippen LogP contribution in [0.1, 0.15) is 37.1 Å². The Morgan fingerprint density at radius 1 is 1.46 bits per heavy atom. The molecule has 0 unspecified atom stereocenters. The third-order valence-corrected chi connectivity index (χ3v) is 5.34. The van der Waals surface area contributed by atoms with Gasteiger partial charge in [0, 0.05) is 51.3 Å². The summed E-state index contributed by atoms with van der Waals surface area (Å²) in [7, 11) is 0. The maximum Gasteiger partial charge on any atom is 0.269 e. The molecule has 0 radical (unpaired) electrons. The third-order valence-electron chi connectivity index (χ3n) is 5.34. The van der Waals surface area contributed by atoms with Crippen LogP contribution in [-0.2, 0) is 20.9 Å². The van der Waals surface area contributed by atoms with E-state index in [1.165, 1.54) is 0 Å². The van der Waals surface area contributed by atoms with Crippen molar-refractivity contribution in [3.8, 4) is 0 Å². The van der Waals surface area contributed by atoms with Gasteiger partial charge in [-0.25, -0.2) is 0 Å². The van der Waals surface area contributed by atoms with Gasteiger partial charge in [0.15, 0.2) is 5.60 Å². The normalized spacial score (nSPS) is 28.3. The number of amides is 1. The number of rotatable bonds is 5. The van der Waals surface area contributed by atoms with Crippen LogP contribution in [0.15, 0.2) is 23.4 Å². The number of nitrogens with zero attached hydrogens (tertiary/aromatic N) is 3. The minimum atomic E-state index is -0.361. The van der Waals surface area contributed by atoms with E-state index in [1.54, 1.807) is 0 Å². The van der Waals surface area contributed by atoms with Crippen molar-refractivity contribution in [3.05, 3.63) is 29.6 Å². The van der Waals surface area contributed by atoms with Gasteiger partial charge in [-0.05, 0) is 31.9 Å². The van der Waals surface area contributed by atoms with Crippen LogP contribution in [0.5, 0.6) is 0 Å². The van der Waals surface area contributed by atoms with Gasteiger partial charge in [0.1, 0.15) is 5.71 Å². The second kappa shape index (κ2) is 7.32. The Hall–Kier alpha value is -1.99. The van der Waals surface area contributed by atoms with E-state index < -0.39 is 0 Å². The van der Waals surface area contributed by atoms with Gasteiger partial charge in [0.05, 0.1) is 11.8 Å². The third kappa shape index (κ3) is 3.88. The van der Waals surface area contributed by atoms with Crippen molar-refractivity contribution in [1.82, 2.24) is 15.2 Å². The van der Waals surface area contributed by atoms with Crippen molar-refractivity contribution < 1.29 is 14.4 Å². The molecule has 4 rings (SSSR count). The largest absolute Gasteiger partial charge is 0.387 e. The summed E-state index contributed by atoms with van der Waals surface area (Å²) in [5, 5.41) is 7.03. The summed E-state index contributed by atoms with van der Waals surface area (Å²) >= 11 is 0. The van der Waals surface area contributed by atoms with E-state index in [4.69, 9.17) is 9.57 Å². The van der Waals surface area contributed by atoms with Crippen LogP contribution >= 0.6 is 0 Å². The maximum absolute atomic E-state index is 12.4. The zero-order valence-electron chi connectivity index (χ0n) is 15.2. The predicted octanol–water partition coefficient (Wildman–Crippen LogP) is 1.41. The Morgan fingerprint density at radius 2 is 2.38 bits per heavy atom. The number of ether oxygens (including phenoxy) is 1. The summed E-state index contributed by atoms with van der Waals surface area (Å²) in [6.07, 6.45) is 3.67. The zero-order chi connectivity index (χ0) is 18.0. The molecule has 0 saturated carbocycles. The van der Waals surface area contributed by atoms with Crippen molar-refractivity contribution in [3.63, 3.8) is 0 Å². The van der Waals surface area contributed by atoms with Crippen LogP contribution in [0, 0.1) is 6.92 Å². The molecule has 7 heteroatoms. The lowest BCUT2D eigenvalue weighted by Gasteiger charge is -2.21. The van der Waals surface area contributed by atoms with Crippen LogP contribution in [0.3, 0.4) is 0 Å². The molecule has 0 aliphatic carbocycles. The van der Waals surface area contributed by atoms with Crippen molar-refractivity contribution >= 4 is 11.6 Å². The van der Waals surface area contributed by atoms with Crippen LogP contribution < -0.4 is 5.32 Å². The second-order valence-corrected chi connectivity index (χ2v) is 7.57. The molecule has 1 aromatic rings. The van der Waals surface area contributed by atoms with Gasteiger partial charge in [-0.15, -0.1) is 0 Å². The number of carbonyl (C=O) groups is 1. The number of aryl methyl sites for hydroxylation is 1. The quantitative estimate of drug-likeness (QED) is 0.861. The standard InChI is InChI=1S/C19H26N4O3/c1-14-4-2-5-15(21-14)12-23-8-7-19(13-23)10-17(22-26-19)18(24)20-11-16-6-3-9-25-16/h2,4-5,16H,3,6-13H2,1H3,(H,20,24)/t16-,19-/m1/s1. The SMILES string of the molecule is Cc1cccc(CN2CC[C@@]3(CC(C(=O)NC[C@H]4CCCO4)=NO3)C2)n1. The number of carbonyl (C=O) groups excluding carboxylic acids is 1. The van der Waals surface area contributed by atoms with E-state index >= 15 is 0 Å². The molecule has 3 aliphatic heterocycles. The number of nitrogens with one attached hydrogen (secondary N) is 1. The van der Waals surface area contributed by atoms with Crippen LogP contribution in [0.2, 0.25) is 0 Å². The van der Waals surface area contributed by atoms with E-state index in [1.807, 2.05) is 25.1 Å². The van der Waals surface area contributed by atoms with Crippen molar-refractivity contribution in [1.29, 1.82) is 0 Å². The fourth-order valence-electron chi connectivity index (χ4n) is 3.96. The van der Waals surface area contributed by atoms with E-state index in [2.05, 4.69) is 20.4 Å². The summed E-state index contributed by atoms with van der Waals surface area (Å²) in [4.78, 5) is 25.0. The topological polar surface area (TPSA) is 76.1 Å². The monoisotopic (exact) mass is 358 g/mol. The lowest BCUT2D eigenvalue weighted by molar-refractivity contribution is -0.115. The molecule has 2 saturated heterocycles. The molecule has 7 nitrogen and oxygen atoms in total. The molecule has 0 bridgehead atoms. The fourth-order valence-corrected chi connectivity index (χ4v) is 3.96. The Morgan fingerprint density at radius 3 is 3.19 bits per heavy atom.